The van der Waals surface area contributed by atoms with Crippen LogP contribution in [0.1, 0.15) is 32.6 Å². The number of nitrogens with zero attached hydrogens (tertiary/aromatic N) is 2. The normalized spacial score (nSPS) is 15.9. The Hall–Kier alpha value is -2.17. The number of anilines is 1. The van der Waals surface area contributed by atoms with E-state index in [2.05, 4.69) is 17.2 Å². The molecule has 3 rings (SSSR count). The fourth-order valence-electron chi connectivity index (χ4n) is 2.73. The Balaban J connectivity index is 1.94. The van der Waals surface area contributed by atoms with Gasteiger partial charge in [0.15, 0.2) is 0 Å². The zero-order chi connectivity index (χ0) is 14.8. The Morgan fingerprint density at radius 1 is 1.43 bits per heavy atom. The maximum Gasteiger partial charge on any atom is 0.295 e. The third kappa shape index (κ3) is 2.96. The molecular weight excluding hydrogens is 266 g/mol. The zero-order valence-electron chi connectivity index (χ0n) is 12.1. The molecule has 21 heavy (non-hydrogen) atoms. The van der Waals surface area contributed by atoms with Gasteiger partial charge in [-0.15, -0.1) is 0 Å². The highest BCUT2D eigenvalue weighted by atomic mass is 16.6. The lowest BCUT2D eigenvalue weighted by Crippen LogP contribution is -2.19. The van der Waals surface area contributed by atoms with Crippen LogP contribution in [0.3, 0.4) is 0 Å². The number of hydrogen-bond acceptors (Lipinski definition) is 4. The Kier molecular flexibility index (Phi) is 3.73. The van der Waals surface area contributed by atoms with Crippen molar-refractivity contribution in [3.05, 3.63) is 40.6 Å². The largest absolute Gasteiger partial charge is 0.382 e. The minimum absolute atomic E-state index is 0.0615. The Morgan fingerprint density at radius 2 is 2.24 bits per heavy atom. The highest BCUT2D eigenvalue weighted by molar-refractivity contribution is 5.96. The molecule has 0 saturated heterocycles. The van der Waals surface area contributed by atoms with Crippen LogP contribution in [0.25, 0.3) is 10.9 Å². The van der Waals surface area contributed by atoms with Crippen LogP contribution < -0.4 is 5.32 Å². The number of aromatic nitrogens is 1. The van der Waals surface area contributed by atoms with Gasteiger partial charge in [-0.1, -0.05) is 19.8 Å². The molecule has 0 amide bonds. The Morgan fingerprint density at radius 3 is 2.90 bits per heavy atom. The van der Waals surface area contributed by atoms with Gasteiger partial charge < -0.3 is 5.32 Å². The lowest BCUT2D eigenvalue weighted by molar-refractivity contribution is -0.383. The molecule has 0 spiro atoms. The van der Waals surface area contributed by atoms with Gasteiger partial charge in [0.05, 0.1) is 4.92 Å². The molecular formula is C16H19N3O2. The molecule has 5 nitrogen and oxygen atoms in total. The van der Waals surface area contributed by atoms with Crippen LogP contribution >= 0.6 is 0 Å². The van der Waals surface area contributed by atoms with Gasteiger partial charge >= 0.3 is 0 Å². The van der Waals surface area contributed by atoms with E-state index in [9.17, 15) is 10.1 Å². The first-order valence-corrected chi connectivity index (χ1v) is 7.47. The molecule has 1 unspecified atom stereocenters. The van der Waals surface area contributed by atoms with E-state index in [1.807, 2.05) is 12.1 Å². The van der Waals surface area contributed by atoms with Crippen LogP contribution in [-0.4, -0.2) is 15.9 Å². The van der Waals surface area contributed by atoms with Gasteiger partial charge in [-0.25, -0.2) is 4.98 Å². The fourth-order valence-corrected chi connectivity index (χ4v) is 2.73. The minimum Gasteiger partial charge on any atom is -0.382 e. The van der Waals surface area contributed by atoms with Crippen LogP contribution in [0.4, 0.5) is 11.4 Å². The molecule has 0 radical (unpaired) electrons. The monoisotopic (exact) mass is 285 g/mol. The van der Waals surface area contributed by atoms with E-state index in [0.717, 1.165) is 23.4 Å². The maximum atomic E-state index is 11.1. The number of nitro groups is 1. The average Bonchev–Trinajstić information content (AvgIpc) is 3.30. The highest BCUT2D eigenvalue weighted by Crippen LogP contribution is 2.36. The summed E-state index contributed by atoms with van der Waals surface area (Å²) in [7, 11) is 0. The Bertz CT molecular complexity index is 668. The highest BCUT2D eigenvalue weighted by Gasteiger charge is 2.25. The van der Waals surface area contributed by atoms with Gasteiger partial charge in [-0.3, -0.25) is 10.1 Å². The lowest BCUT2D eigenvalue weighted by atomic mass is 10.1. The smallest absolute Gasteiger partial charge is 0.295 e. The van der Waals surface area contributed by atoms with Crippen LogP contribution in [0.5, 0.6) is 0 Å². The number of pyridine rings is 1. The molecule has 1 heterocycles. The third-order valence-electron chi connectivity index (χ3n) is 4.11. The van der Waals surface area contributed by atoms with Crippen LogP contribution in [0.15, 0.2) is 30.5 Å². The molecule has 1 aliphatic carbocycles. The minimum atomic E-state index is -0.374. The standard InChI is InChI=1S/C16H19N3O2/c1-2-12(10-11-5-6-11)18-14-7-8-15(19(20)21)16-13(14)4-3-9-17-16/h3-4,7-9,11-12,18H,2,5-6,10H2,1H3. The van der Waals surface area contributed by atoms with Crippen molar-refractivity contribution < 1.29 is 4.92 Å². The predicted octanol–water partition coefficient (Wildman–Crippen LogP) is 4.13. The van der Waals surface area contributed by atoms with Crippen molar-refractivity contribution in [3.8, 4) is 0 Å². The van der Waals surface area contributed by atoms with Crippen molar-refractivity contribution in [1.29, 1.82) is 0 Å². The quantitative estimate of drug-likeness (QED) is 0.640. The number of hydrogen-bond donors (Lipinski definition) is 1. The zero-order valence-corrected chi connectivity index (χ0v) is 12.1. The number of benzene rings is 1. The number of nitrogens with one attached hydrogen (secondary N) is 1. The summed E-state index contributed by atoms with van der Waals surface area (Å²) in [6.45, 7) is 2.17. The van der Waals surface area contributed by atoms with E-state index >= 15 is 0 Å². The van der Waals surface area contributed by atoms with Gasteiger partial charge in [0, 0.05) is 29.4 Å². The summed E-state index contributed by atoms with van der Waals surface area (Å²) in [5.41, 5.74) is 1.45. The number of non-ortho nitro benzene ring substituents is 1. The first-order chi connectivity index (χ1) is 10.2. The molecule has 110 valence electrons. The SMILES string of the molecule is CCC(CC1CC1)Nc1ccc([N+](=O)[O-])c2ncccc12. The van der Waals surface area contributed by atoms with Gasteiger partial charge in [-0.05, 0) is 37.0 Å². The average molecular weight is 285 g/mol. The summed E-state index contributed by atoms with van der Waals surface area (Å²) in [5.74, 6) is 0.852. The molecule has 2 aromatic rings. The van der Waals surface area contributed by atoms with E-state index < -0.39 is 0 Å². The second kappa shape index (κ2) is 5.68. The van der Waals surface area contributed by atoms with Crippen molar-refractivity contribution in [3.63, 3.8) is 0 Å². The molecule has 1 atom stereocenters. The second-order valence-electron chi connectivity index (χ2n) is 5.72. The number of fused-ring (bicyclic) bond motifs is 1. The van der Waals surface area contributed by atoms with Crippen molar-refractivity contribution >= 4 is 22.3 Å². The molecule has 5 heteroatoms. The summed E-state index contributed by atoms with van der Waals surface area (Å²) in [5, 5.41) is 15.5. The van der Waals surface area contributed by atoms with E-state index in [-0.39, 0.29) is 10.6 Å². The summed E-state index contributed by atoms with van der Waals surface area (Å²) in [6, 6.07) is 7.47. The molecule has 0 aliphatic heterocycles. The van der Waals surface area contributed by atoms with Crippen molar-refractivity contribution in [1.82, 2.24) is 4.98 Å². The second-order valence-corrected chi connectivity index (χ2v) is 5.72. The van der Waals surface area contributed by atoms with Crippen LogP contribution in [0.2, 0.25) is 0 Å². The molecule has 1 N–H and O–H groups in total. The van der Waals surface area contributed by atoms with E-state index in [4.69, 9.17) is 0 Å². The van der Waals surface area contributed by atoms with Crippen LogP contribution in [0, 0.1) is 16.0 Å². The molecule has 1 aliphatic rings. The summed E-state index contributed by atoms with van der Waals surface area (Å²) in [4.78, 5) is 14.9. The lowest BCUT2D eigenvalue weighted by Gasteiger charge is -2.19. The van der Waals surface area contributed by atoms with Gasteiger partial charge in [-0.2, -0.15) is 0 Å². The van der Waals surface area contributed by atoms with Crippen molar-refractivity contribution in [2.45, 2.75) is 38.6 Å². The van der Waals surface area contributed by atoms with Gasteiger partial charge in [0.2, 0.25) is 0 Å². The predicted molar refractivity (Wildman–Crippen MR) is 83.4 cm³/mol. The summed E-state index contributed by atoms with van der Waals surface area (Å²) in [6.07, 6.45) is 6.49. The van der Waals surface area contributed by atoms with Gasteiger partial charge in [0.25, 0.3) is 5.69 Å². The van der Waals surface area contributed by atoms with E-state index in [1.54, 1.807) is 18.3 Å². The molecule has 1 aromatic heterocycles. The third-order valence-corrected chi connectivity index (χ3v) is 4.11. The molecule has 1 fully saturated rings. The summed E-state index contributed by atoms with van der Waals surface area (Å²) < 4.78 is 0. The van der Waals surface area contributed by atoms with Crippen molar-refractivity contribution in [2.24, 2.45) is 5.92 Å². The van der Waals surface area contributed by atoms with Gasteiger partial charge in [0.1, 0.15) is 5.52 Å². The fraction of sp³-hybridized carbons (Fsp3) is 0.438. The summed E-state index contributed by atoms with van der Waals surface area (Å²) >= 11 is 0. The topological polar surface area (TPSA) is 68.1 Å². The van der Waals surface area contributed by atoms with Crippen molar-refractivity contribution in [2.75, 3.05) is 5.32 Å². The van der Waals surface area contributed by atoms with E-state index in [1.165, 1.54) is 19.3 Å². The maximum absolute atomic E-state index is 11.1. The number of rotatable bonds is 6. The molecule has 1 aromatic carbocycles. The van der Waals surface area contributed by atoms with E-state index in [0.29, 0.717) is 11.6 Å². The molecule has 1 saturated carbocycles. The first-order valence-electron chi connectivity index (χ1n) is 7.47. The van der Waals surface area contributed by atoms with Crippen LogP contribution in [-0.2, 0) is 0 Å². The Labute approximate surface area is 123 Å². The molecule has 0 bridgehead atoms. The number of nitro benzene ring substituents is 1. The first kappa shape index (κ1) is 13.8.